The molecule has 0 spiro atoms. The van der Waals surface area contributed by atoms with Crippen LogP contribution in [0.15, 0.2) is 191 Å². The molecule has 0 atom stereocenters. The van der Waals surface area contributed by atoms with Crippen LogP contribution >= 0.6 is 0 Å². The molecule has 0 saturated heterocycles. The van der Waals surface area contributed by atoms with Gasteiger partial charge in [0.25, 0.3) is 0 Å². The third kappa shape index (κ3) is 4.37. The first-order valence-corrected chi connectivity index (χ1v) is 19.0. The second-order valence-electron chi connectivity index (χ2n) is 14.6. The summed E-state index contributed by atoms with van der Waals surface area (Å²) in [7, 11) is 0. The number of ketones is 1. The van der Waals surface area contributed by atoms with Crippen molar-refractivity contribution in [1.82, 2.24) is 0 Å². The quantitative estimate of drug-likeness (QED) is 0.171. The monoisotopic (exact) mass is 714 g/mol. The summed E-state index contributed by atoms with van der Waals surface area (Å²) in [6.45, 7) is 0. The highest BCUT2D eigenvalue weighted by atomic mass is 16.3. The van der Waals surface area contributed by atoms with Gasteiger partial charge in [-0.3, -0.25) is 4.79 Å². The number of benzene rings is 10. The van der Waals surface area contributed by atoms with Crippen molar-refractivity contribution in [3.05, 3.63) is 193 Å². The van der Waals surface area contributed by atoms with E-state index in [1.165, 1.54) is 0 Å². The molecule has 10 aromatic carbocycles. The van der Waals surface area contributed by atoms with Gasteiger partial charge in [0.2, 0.25) is 0 Å². The van der Waals surface area contributed by atoms with Gasteiger partial charge in [-0.2, -0.15) is 0 Å². The fraction of sp³-hybridized carbons (Fsp3) is 0. The average molecular weight is 715 g/mol. The van der Waals surface area contributed by atoms with Crippen molar-refractivity contribution in [1.29, 1.82) is 0 Å². The van der Waals surface area contributed by atoms with E-state index in [4.69, 9.17) is 8.83 Å². The molecule has 0 aliphatic carbocycles. The van der Waals surface area contributed by atoms with Crippen LogP contribution in [0.1, 0.15) is 15.9 Å². The van der Waals surface area contributed by atoms with Crippen LogP contribution < -0.4 is 0 Å². The molecule has 2 aromatic heterocycles. The van der Waals surface area contributed by atoms with Gasteiger partial charge in [0, 0.05) is 32.7 Å². The smallest absolute Gasteiger partial charge is 0.194 e. The maximum atomic E-state index is 15.0. The zero-order valence-electron chi connectivity index (χ0n) is 30.0. The molecule has 3 nitrogen and oxygen atoms in total. The molecule has 12 aromatic rings. The summed E-state index contributed by atoms with van der Waals surface area (Å²) >= 11 is 0. The Morgan fingerprint density at radius 1 is 0.286 bits per heavy atom. The fourth-order valence-corrected chi connectivity index (χ4v) is 9.25. The molecule has 0 N–H and O–H groups in total. The van der Waals surface area contributed by atoms with E-state index in [9.17, 15) is 0 Å². The lowest BCUT2D eigenvalue weighted by Crippen LogP contribution is -2.03. The summed E-state index contributed by atoms with van der Waals surface area (Å²) in [6, 6.07) is 62.6. The molecule has 0 amide bonds. The molecule has 0 saturated carbocycles. The lowest BCUT2D eigenvalue weighted by atomic mass is 9.90. The van der Waals surface area contributed by atoms with Crippen molar-refractivity contribution in [3.63, 3.8) is 0 Å². The second-order valence-corrected chi connectivity index (χ2v) is 14.6. The Kier molecular flexibility index (Phi) is 6.49. The van der Waals surface area contributed by atoms with Crippen molar-refractivity contribution in [2.45, 2.75) is 0 Å². The van der Waals surface area contributed by atoms with Gasteiger partial charge in [-0.25, -0.2) is 0 Å². The van der Waals surface area contributed by atoms with Gasteiger partial charge in [-0.15, -0.1) is 0 Å². The summed E-state index contributed by atoms with van der Waals surface area (Å²) in [4.78, 5) is 15.0. The Hall–Kier alpha value is -7.49. The van der Waals surface area contributed by atoms with E-state index < -0.39 is 0 Å². The maximum Gasteiger partial charge on any atom is 0.194 e. The summed E-state index contributed by atoms with van der Waals surface area (Å²) < 4.78 is 13.6. The lowest BCUT2D eigenvalue weighted by molar-refractivity contribution is 0.104. The first-order chi connectivity index (χ1) is 27.7. The normalized spacial score (nSPS) is 12.0. The van der Waals surface area contributed by atoms with E-state index in [2.05, 4.69) is 133 Å². The highest BCUT2D eigenvalue weighted by Gasteiger charge is 2.22. The van der Waals surface area contributed by atoms with Crippen LogP contribution in [-0.2, 0) is 0 Å². The highest BCUT2D eigenvalue weighted by Crippen LogP contribution is 2.43. The van der Waals surface area contributed by atoms with E-state index in [1.807, 2.05) is 48.5 Å². The minimum atomic E-state index is -0.0462. The van der Waals surface area contributed by atoms with Crippen LogP contribution in [0.4, 0.5) is 0 Å². The van der Waals surface area contributed by atoms with Crippen LogP contribution in [0.3, 0.4) is 0 Å². The summed E-state index contributed by atoms with van der Waals surface area (Å²) in [5, 5.41) is 12.2. The van der Waals surface area contributed by atoms with Gasteiger partial charge in [-0.05, 0) is 102 Å². The van der Waals surface area contributed by atoms with E-state index in [0.717, 1.165) is 109 Å². The Labute approximate surface area is 320 Å². The number of rotatable bonds is 4. The molecular formula is C53H30O3. The predicted molar refractivity (Wildman–Crippen MR) is 232 cm³/mol. The van der Waals surface area contributed by atoms with Crippen molar-refractivity contribution in [3.8, 4) is 22.3 Å². The van der Waals surface area contributed by atoms with Crippen molar-refractivity contribution < 1.29 is 13.6 Å². The van der Waals surface area contributed by atoms with Crippen molar-refractivity contribution in [2.24, 2.45) is 0 Å². The standard InChI is InChI=1S/C53H30O3/c54-53(43-25-29-47-51-39(19-9-21-41(43)51)37-17-7-15-35-33(31-11-3-1-4-12-31)23-27-45(55-47)49(35)37)44-26-30-48-52-40(20-10-22-42(44)52)38-18-8-16-36-34(32-13-5-2-6-14-32)24-28-46(56-48)50(36)38/h1-30H. The summed E-state index contributed by atoms with van der Waals surface area (Å²) in [5.41, 5.74) is 8.96. The summed E-state index contributed by atoms with van der Waals surface area (Å²) in [5.74, 6) is -0.0462. The minimum absolute atomic E-state index is 0.0462. The number of fused-ring (bicyclic) bond motifs is 2. The van der Waals surface area contributed by atoms with Crippen LogP contribution in [0.5, 0.6) is 0 Å². The Balaban J connectivity index is 1.09. The SMILES string of the molecule is O=C(c1ccc2oc3ccc(-c4ccccc4)c4cccc(c5cccc1c25)c34)c1ccc2oc3ccc(-c4ccccc4)c4cccc(c5cccc1c25)c34. The van der Waals surface area contributed by atoms with Gasteiger partial charge in [0.15, 0.2) is 5.78 Å². The molecule has 2 heterocycles. The predicted octanol–water partition coefficient (Wildman–Crippen LogP) is 14.7. The largest absolute Gasteiger partial charge is 0.456 e. The zero-order valence-corrected chi connectivity index (χ0v) is 30.0. The van der Waals surface area contributed by atoms with Gasteiger partial charge in [-0.1, -0.05) is 146 Å². The summed E-state index contributed by atoms with van der Waals surface area (Å²) in [6.07, 6.45) is 0. The molecule has 3 heteroatoms. The van der Waals surface area contributed by atoms with Gasteiger partial charge >= 0.3 is 0 Å². The maximum absolute atomic E-state index is 15.0. The molecule has 0 unspecified atom stereocenters. The molecule has 0 aliphatic heterocycles. The molecule has 0 aliphatic rings. The number of carbonyl (C=O) groups is 1. The van der Waals surface area contributed by atoms with Gasteiger partial charge in [0.1, 0.15) is 22.3 Å². The fourth-order valence-electron chi connectivity index (χ4n) is 9.25. The Morgan fingerprint density at radius 3 is 1.00 bits per heavy atom. The van der Waals surface area contributed by atoms with Crippen LogP contribution in [0.2, 0.25) is 0 Å². The van der Waals surface area contributed by atoms with Crippen LogP contribution in [-0.4, -0.2) is 5.78 Å². The molecule has 0 fully saturated rings. The van der Waals surface area contributed by atoms with Crippen LogP contribution in [0, 0.1) is 0 Å². The Bertz CT molecular complexity index is 3350. The molecule has 0 bridgehead atoms. The first-order valence-electron chi connectivity index (χ1n) is 19.0. The van der Waals surface area contributed by atoms with Gasteiger partial charge in [0.05, 0.1) is 0 Å². The topological polar surface area (TPSA) is 43.4 Å². The van der Waals surface area contributed by atoms with E-state index in [0.29, 0.717) is 11.1 Å². The van der Waals surface area contributed by atoms with Crippen molar-refractivity contribution in [2.75, 3.05) is 0 Å². The molecular weight excluding hydrogens is 685 g/mol. The third-order valence-electron chi connectivity index (χ3n) is 11.7. The van der Waals surface area contributed by atoms with Gasteiger partial charge < -0.3 is 8.83 Å². The third-order valence-corrected chi connectivity index (χ3v) is 11.7. The number of hydrogen-bond acceptors (Lipinski definition) is 3. The molecule has 56 heavy (non-hydrogen) atoms. The van der Waals surface area contributed by atoms with Crippen molar-refractivity contribution >= 4 is 92.8 Å². The Morgan fingerprint density at radius 2 is 0.607 bits per heavy atom. The van der Waals surface area contributed by atoms with E-state index >= 15 is 4.79 Å². The number of hydrogen-bond donors (Lipinski definition) is 0. The van der Waals surface area contributed by atoms with Crippen LogP contribution in [0.25, 0.3) is 109 Å². The van der Waals surface area contributed by atoms with E-state index in [1.54, 1.807) is 0 Å². The lowest BCUT2D eigenvalue weighted by Gasteiger charge is -2.11. The second kappa shape index (κ2) is 11.8. The average Bonchev–Trinajstić information content (AvgIpc) is 3.49. The number of carbonyl (C=O) groups excluding carboxylic acids is 1. The van der Waals surface area contributed by atoms with E-state index in [-0.39, 0.29) is 5.78 Å². The molecule has 0 radical (unpaired) electrons. The molecule has 260 valence electrons. The molecule has 12 rings (SSSR count). The zero-order chi connectivity index (χ0) is 36.9. The highest BCUT2D eigenvalue weighted by molar-refractivity contribution is 6.32. The first kappa shape index (κ1) is 30.9. The minimum Gasteiger partial charge on any atom is -0.456 e.